The summed E-state index contributed by atoms with van der Waals surface area (Å²) in [6.07, 6.45) is 0.854. The van der Waals surface area contributed by atoms with Crippen LogP contribution in [0.15, 0.2) is 24.3 Å². The molecule has 1 saturated heterocycles. The van der Waals surface area contributed by atoms with Crippen LogP contribution >= 0.6 is 0 Å². The molecule has 25 heavy (non-hydrogen) atoms. The molecule has 0 saturated carbocycles. The van der Waals surface area contributed by atoms with Crippen LogP contribution in [0.1, 0.15) is 27.2 Å². The van der Waals surface area contributed by atoms with Crippen molar-refractivity contribution in [2.45, 2.75) is 39.4 Å². The zero-order valence-electron chi connectivity index (χ0n) is 15.5. The Morgan fingerprint density at radius 2 is 1.76 bits per heavy atom. The fourth-order valence-corrected chi connectivity index (χ4v) is 2.97. The number of nitrogens with one attached hydrogen (secondary N) is 1. The Labute approximate surface area is 150 Å². The van der Waals surface area contributed by atoms with Gasteiger partial charge in [-0.1, -0.05) is 0 Å². The third-order valence-electron chi connectivity index (χ3n) is 3.98. The highest BCUT2D eigenvalue weighted by Crippen LogP contribution is 2.17. The maximum atomic E-state index is 11.9. The van der Waals surface area contributed by atoms with Crippen LogP contribution in [0.25, 0.3) is 0 Å². The van der Waals surface area contributed by atoms with Gasteiger partial charge in [0.15, 0.2) is 0 Å². The van der Waals surface area contributed by atoms with E-state index >= 15 is 0 Å². The molecule has 2 unspecified atom stereocenters. The first kappa shape index (κ1) is 19.5. The molecule has 6 nitrogen and oxygen atoms in total. The van der Waals surface area contributed by atoms with E-state index in [1.54, 1.807) is 0 Å². The summed E-state index contributed by atoms with van der Waals surface area (Å²) >= 11 is 0. The van der Waals surface area contributed by atoms with Crippen LogP contribution in [0.4, 0.5) is 0 Å². The van der Waals surface area contributed by atoms with Gasteiger partial charge < -0.3 is 19.5 Å². The van der Waals surface area contributed by atoms with Crippen molar-refractivity contribution >= 4 is 5.91 Å². The highest BCUT2D eigenvalue weighted by Gasteiger charge is 2.21. The lowest BCUT2D eigenvalue weighted by Gasteiger charge is -2.35. The molecule has 0 bridgehead atoms. The number of morpholine rings is 1. The Morgan fingerprint density at radius 3 is 2.36 bits per heavy atom. The van der Waals surface area contributed by atoms with Crippen LogP contribution in [0.2, 0.25) is 0 Å². The number of carbonyl (C=O) groups excluding carboxylic acids is 1. The maximum absolute atomic E-state index is 11.9. The third kappa shape index (κ3) is 7.32. The average molecular weight is 350 g/mol. The topological polar surface area (TPSA) is 60.0 Å². The quantitative estimate of drug-likeness (QED) is 0.739. The monoisotopic (exact) mass is 350 g/mol. The second kappa shape index (κ2) is 10.3. The van der Waals surface area contributed by atoms with E-state index in [1.165, 1.54) is 0 Å². The van der Waals surface area contributed by atoms with Crippen molar-refractivity contribution in [2.75, 3.05) is 39.4 Å². The highest BCUT2D eigenvalue weighted by molar-refractivity contribution is 5.75. The molecule has 6 heteroatoms. The summed E-state index contributed by atoms with van der Waals surface area (Å²) in [6, 6.07) is 7.43. The van der Waals surface area contributed by atoms with E-state index in [-0.39, 0.29) is 18.1 Å². The standard InChI is InChI=1S/C19H30N2O4/c1-4-23-17-5-7-18(8-6-17)24-12-9-19(22)20-10-11-21-13-15(2)25-16(3)14-21/h5-8,15-16H,4,9-14H2,1-3H3,(H,20,22). The number of nitrogens with zero attached hydrogens (tertiary/aromatic N) is 1. The summed E-state index contributed by atoms with van der Waals surface area (Å²) in [7, 11) is 0. The smallest absolute Gasteiger partial charge is 0.223 e. The summed E-state index contributed by atoms with van der Waals surface area (Å²) < 4.78 is 16.7. The summed E-state index contributed by atoms with van der Waals surface area (Å²) in [5.74, 6) is 1.58. The molecule has 2 atom stereocenters. The van der Waals surface area contributed by atoms with Crippen molar-refractivity contribution in [3.63, 3.8) is 0 Å². The van der Waals surface area contributed by atoms with Crippen molar-refractivity contribution in [3.05, 3.63) is 24.3 Å². The number of rotatable bonds is 9. The molecule has 2 rings (SSSR count). The lowest BCUT2D eigenvalue weighted by molar-refractivity contribution is -0.121. The largest absolute Gasteiger partial charge is 0.494 e. The molecule has 1 heterocycles. The molecule has 0 radical (unpaired) electrons. The maximum Gasteiger partial charge on any atom is 0.223 e. The summed E-state index contributed by atoms with van der Waals surface area (Å²) in [5, 5.41) is 2.95. The fraction of sp³-hybridized carbons (Fsp3) is 0.632. The second-order valence-electron chi connectivity index (χ2n) is 6.37. The van der Waals surface area contributed by atoms with Gasteiger partial charge in [-0.15, -0.1) is 0 Å². The molecule has 0 aromatic heterocycles. The molecule has 1 aliphatic rings. The van der Waals surface area contributed by atoms with E-state index in [2.05, 4.69) is 24.1 Å². The van der Waals surface area contributed by atoms with Crippen molar-refractivity contribution < 1.29 is 19.0 Å². The third-order valence-corrected chi connectivity index (χ3v) is 3.98. The average Bonchev–Trinajstić information content (AvgIpc) is 2.56. The highest BCUT2D eigenvalue weighted by atomic mass is 16.5. The first-order valence-electron chi connectivity index (χ1n) is 9.07. The van der Waals surface area contributed by atoms with Gasteiger partial charge in [-0.2, -0.15) is 0 Å². The number of hydrogen-bond donors (Lipinski definition) is 1. The molecule has 1 aromatic rings. The Morgan fingerprint density at radius 1 is 1.16 bits per heavy atom. The van der Waals surface area contributed by atoms with Gasteiger partial charge in [0.2, 0.25) is 5.91 Å². The van der Waals surface area contributed by atoms with E-state index in [0.717, 1.165) is 31.1 Å². The van der Waals surface area contributed by atoms with Crippen molar-refractivity contribution in [1.29, 1.82) is 0 Å². The van der Waals surface area contributed by atoms with Gasteiger partial charge in [0.05, 0.1) is 31.8 Å². The summed E-state index contributed by atoms with van der Waals surface area (Å²) in [5.41, 5.74) is 0. The minimum Gasteiger partial charge on any atom is -0.494 e. The van der Waals surface area contributed by atoms with Crippen LogP contribution in [-0.4, -0.2) is 62.4 Å². The van der Waals surface area contributed by atoms with Crippen LogP contribution in [0.5, 0.6) is 11.5 Å². The Hall–Kier alpha value is -1.79. The van der Waals surface area contributed by atoms with Gasteiger partial charge in [0.25, 0.3) is 0 Å². The number of benzene rings is 1. The van der Waals surface area contributed by atoms with Crippen LogP contribution in [0, 0.1) is 0 Å². The minimum atomic E-state index is 0.0142. The fourth-order valence-electron chi connectivity index (χ4n) is 2.97. The van der Waals surface area contributed by atoms with Crippen LogP contribution < -0.4 is 14.8 Å². The molecule has 0 aliphatic carbocycles. The van der Waals surface area contributed by atoms with E-state index in [0.29, 0.717) is 26.2 Å². The molecule has 0 spiro atoms. The first-order valence-corrected chi connectivity index (χ1v) is 9.07. The SMILES string of the molecule is CCOc1ccc(OCCC(=O)NCCN2CC(C)OC(C)C2)cc1. The van der Waals surface area contributed by atoms with Gasteiger partial charge in [0.1, 0.15) is 11.5 Å². The summed E-state index contributed by atoms with van der Waals surface area (Å²) in [4.78, 5) is 14.2. The number of carbonyl (C=O) groups is 1. The number of ether oxygens (including phenoxy) is 3. The second-order valence-corrected chi connectivity index (χ2v) is 6.37. The predicted molar refractivity (Wildman–Crippen MR) is 97.2 cm³/mol. The zero-order chi connectivity index (χ0) is 18.1. The molecule has 1 amide bonds. The molecular formula is C19H30N2O4. The summed E-state index contributed by atoms with van der Waals surface area (Å²) in [6.45, 7) is 10.5. The normalized spacial score (nSPS) is 20.9. The van der Waals surface area contributed by atoms with Crippen molar-refractivity contribution in [3.8, 4) is 11.5 Å². The Kier molecular flexibility index (Phi) is 8.01. The van der Waals surface area contributed by atoms with E-state index in [4.69, 9.17) is 14.2 Å². The predicted octanol–water partition coefficient (Wildman–Crippen LogP) is 2.08. The lowest BCUT2D eigenvalue weighted by atomic mass is 10.2. The molecule has 140 valence electrons. The van der Waals surface area contributed by atoms with Gasteiger partial charge in [0, 0.05) is 26.2 Å². The minimum absolute atomic E-state index is 0.0142. The molecular weight excluding hydrogens is 320 g/mol. The number of hydrogen-bond acceptors (Lipinski definition) is 5. The van der Waals surface area contributed by atoms with Gasteiger partial charge >= 0.3 is 0 Å². The van der Waals surface area contributed by atoms with Gasteiger partial charge in [-0.3, -0.25) is 9.69 Å². The zero-order valence-corrected chi connectivity index (χ0v) is 15.5. The van der Waals surface area contributed by atoms with E-state index in [9.17, 15) is 4.79 Å². The molecule has 1 aliphatic heterocycles. The van der Waals surface area contributed by atoms with E-state index in [1.807, 2.05) is 31.2 Å². The van der Waals surface area contributed by atoms with Crippen LogP contribution in [0.3, 0.4) is 0 Å². The van der Waals surface area contributed by atoms with Gasteiger partial charge in [-0.25, -0.2) is 0 Å². The first-order chi connectivity index (χ1) is 12.1. The Bertz CT molecular complexity index is 511. The van der Waals surface area contributed by atoms with Crippen molar-refractivity contribution in [2.24, 2.45) is 0 Å². The van der Waals surface area contributed by atoms with E-state index < -0.39 is 0 Å². The molecule has 1 fully saturated rings. The number of amides is 1. The van der Waals surface area contributed by atoms with Gasteiger partial charge in [-0.05, 0) is 45.0 Å². The lowest BCUT2D eigenvalue weighted by Crippen LogP contribution is -2.47. The molecule has 1 aromatic carbocycles. The molecule has 1 N–H and O–H groups in total. The Balaban J connectivity index is 1.57. The van der Waals surface area contributed by atoms with Crippen molar-refractivity contribution in [1.82, 2.24) is 10.2 Å². The van der Waals surface area contributed by atoms with Crippen LogP contribution in [-0.2, 0) is 9.53 Å².